The van der Waals surface area contributed by atoms with E-state index in [4.69, 9.17) is 0 Å². The molecule has 20 heavy (non-hydrogen) atoms. The fourth-order valence-corrected chi connectivity index (χ4v) is 5.36. The highest BCUT2D eigenvalue weighted by Crippen LogP contribution is 2.38. The molecule has 2 heteroatoms. The third-order valence-electron chi connectivity index (χ3n) is 4.91. The molecular weight excluding hydrogens is 262 g/mol. The van der Waals surface area contributed by atoms with Crippen LogP contribution in [0.1, 0.15) is 56.1 Å². The number of hydrogen-bond acceptors (Lipinski definition) is 2. The van der Waals surface area contributed by atoms with Crippen molar-refractivity contribution in [3.63, 3.8) is 0 Å². The Labute approximate surface area is 127 Å². The molecule has 1 aliphatic carbocycles. The van der Waals surface area contributed by atoms with Gasteiger partial charge in [-0.1, -0.05) is 31.2 Å². The summed E-state index contributed by atoms with van der Waals surface area (Å²) >= 11 is 2.20. The van der Waals surface area contributed by atoms with E-state index in [0.717, 1.165) is 17.7 Å². The van der Waals surface area contributed by atoms with Crippen molar-refractivity contribution in [2.75, 3.05) is 12.3 Å². The minimum Gasteiger partial charge on any atom is -0.313 e. The Bertz CT molecular complexity index is 425. The first kappa shape index (κ1) is 14.5. The molecule has 2 aliphatic rings. The first-order valence-corrected chi connectivity index (χ1v) is 9.36. The third kappa shape index (κ3) is 3.23. The fraction of sp³-hybridized carbons (Fsp3) is 0.667. The van der Waals surface area contributed by atoms with Crippen LogP contribution in [0.15, 0.2) is 24.3 Å². The van der Waals surface area contributed by atoms with Gasteiger partial charge in [0, 0.05) is 11.3 Å². The molecule has 3 unspecified atom stereocenters. The van der Waals surface area contributed by atoms with Crippen LogP contribution >= 0.6 is 11.8 Å². The lowest BCUT2D eigenvalue weighted by Crippen LogP contribution is -2.38. The van der Waals surface area contributed by atoms with E-state index in [1.807, 2.05) is 0 Å². The van der Waals surface area contributed by atoms with Crippen molar-refractivity contribution >= 4 is 11.8 Å². The van der Waals surface area contributed by atoms with Crippen LogP contribution in [0.5, 0.6) is 0 Å². The molecule has 0 saturated carbocycles. The average molecular weight is 289 g/mol. The Morgan fingerprint density at radius 3 is 2.95 bits per heavy atom. The zero-order chi connectivity index (χ0) is 13.8. The van der Waals surface area contributed by atoms with Crippen LogP contribution in [0.25, 0.3) is 0 Å². The fourth-order valence-electron chi connectivity index (χ4n) is 3.95. The van der Waals surface area contributed by atoms with E-state index in [9.17, 15) is 0 Å². The summed E-state index contributed by atoms with van der Waals surface area (Å²) in [4.78, 5) is 0. The third-order valence-corrected chi connectivity index (χ3v) is 6.43. The standard InChI is InChI=1S/C18H27NS/c1-2-19-17(18-11-6-12-20-18)13-15-9-5-8-14-7-3-4-10-16(14)15/h3-4,7,10,15,17-19H,2,5-6,8-9,11-13H2,1H3. The van der Waals surface area contributed by atoms with E-state index in [0.29, 0.717) is 6.04 Å². The molecule has 1 N–H and O–H groups in total. The van der Waals surface area contributed by atoms with Gasteiger partial charge in [-0.15, -0.1) is 0 Å². The summed E-state index contributed by atoms with van der Waals surface area (Å²) in [6.45, 7) is 3.36. The first-order chi connectivity index (χ1) is 9.88. The quantitative estimate of drug-likeness (QED) is 0.864. The molecule has 1 aliphatic heterocycles. The molecule has 0 aromatic heterocycles. The Morgan fingerprint density at radius 1 is 1.25 bits per heavy atom. The zero-order valence-electron chi connectivity index (χ0n) is 12.6. The van der Waals surface area contributed by atoms with Gasteiger partial charge in [-0.05, 0) is 67.9 Å². The number of fused-ring (bicyclic) bond motifs is 1. The molecule has 1 heterocycles. The Morgan fingerprint density at radius 2 is 2.15 bits per heavy atom. The molecule has 1 fully saturated rings. The van der Waals surface area contributed by atoms with E-state index >= 15 is 0 Å². The minimum atomic E-state index is 0.712. The molecule has 1 aromatic carbocycles. The smallest absolute Gasteiger partial charge is 0.0201 e. The molecule has 1 saturated heterocycles. The van der Waals surface area contributed by atoms with Crippen LogP contribution in [0.4, 0.5) is 0 Å². The van der Waals surface area contributed by atoms with Gasteiger partial charge in [0.15, 0.2) is 0 Å². The van der Waals surface area contributed by atoms with Crippen molar-refractivity contribution in [3.8, 4) is 0 Å². The molecule has 0 spiro atoms. The maximum Gasteiger partial charge on any atom is 0.0201 e. The van der Waals surface area contributed by atoms with Gasteiger partial charge in [0.2, 0.25) is 0 Å². The summed E-state index contributed by atoms with van der Waals surface area (Å²) in [5.74, 6) is 2.15. The normalized spacial score (nSPS) is 27.2. The van der Waals surface area contributed by atoms with E-state index in [2.05, 4.69) is 48.3 Å². The second-order valence-electron chi connectivity index (χ2n) is 6.24. The summed E-state index contributed by atoms with van der Waals surface area (Å²) in [5, 5.41) is 4.63. The van der Waals surface area contributed by atoms with Gasteiger partial charge < -0.3 is 5.32 Å². The molecule has 3 rings (SSSR count). The Hall–Kier alpha value is -0.470. The number of thioether (sulfide) groups is 1. The Balaban J connectivity index is 1.72. The first-order valence-electron chi connectivity index (χ1n) is 8.31. The van der Waals surface area contributed by atoms with Crippen LogP contribution in [0.3, 0.4) is 0 Å². The molecule has 0 radical (unpaired) electrons. The predicted octanol–water partition coefficient (Wildman–Crippen LogP) is 4.37. The summed E-state index contributed by atoms with van der Waals surface area (Å²) in [6, 6.07) is 9.86. The highest BCUT2D eigenvalue weighted by Gasteiger charge is 2.29. The summed E-state index contributed by atoms with van der Waals surface area (Å²) in [5.41, 5.74) is 3.25. The summed E-state index contributed by atoms with van der Waals surface area (Å²) in [7, 11) is 0. The molecule has 1 nitrogen and oxygen atoms in total. The molecule has 3 atom stereocenters. The van der Waals surface area contributed by atoms with Gasteiger partial charge in [0.1, 0.15) is 0 Å². The molecule has 1 aromatic rings. The second kappa shape index (κ2) is 7.00. The maximum atomic E-state index is 3.78. The van der Waals surface area contributed by atoms with Crippen molar-refractivity contribution < 1.29 is 0 Å². The zero-order valence-corrected chi connectivity index (χ0v) is 13.4. The van der Waals surface area contributed by atoms with Gasteiger partial charge in [0.25, 0.3) is 0 Å². The average Bonchev–Trinajstić information content (AvgIpc) is 3.01. The largest absolute Gasteiger partial charge is 0.313 e. The van der Waals surface area contributed by atoms with Gasteiger partial charge in [-0.3, -0.25) is 0 Å². The van der Waals surface area contributed by atoms with E-state index in [1.165, 1.54) is 44.3 Å². The highest BCUT2D eigenvalue weighted by molar-refractivity contribution is 8.00. The van der Waals surface area contributed by atoms with Crippen LogP contribution in [0, 0.1) is 0 Å². The van der Waals surface area contributed by atoms with E-state index in [1.54, 1.807) is 11.1 Å². The van der Waals surface area contributed by atoms with Gasteiger partial charge >= 0.3 is 0 Å². The molecule has 110 valence electrons. The monoisotopic (exact) mass is 289 g/mol. The van der Waals surface area contributed by atoms with Crippen LogP contribution in [-0.2, 0) is 6.42 Å². The van der Waals surface area contributed by atoms with Crippen molar-refractivity contribution in [3.05, 3.63) is 35.4 Å². The van der Waals surface area contributed by atoms with Crippen molar-refractivity contribution in [1.29, 1.82) is 0 Å². The number of aryl methyl sites for hydroxylation is 1. The van der Waals surface area contributed by atoms with Crippen molar-refractivity contribution in [2.24, 2.45) is 0 Å². The van der Waals surface area contributed by atoms with Crippen LogP contribution < -0.4 is 5.32 Å². The maximum absolute atomic E-state index is 3.78. The summed E-state index contributed by atoms with van der Waals surface area (Å²) < 4.78 is 0. The minimum absolute atomic E-state index is 0.712. The second-order valence-corrected chi connectivity index (χ2v) is 7.59. The number of benzene rings is 1. The lowest BCUT2D eigenvalue weighted by molar-refractivity contribution is 0.403. The molecule has 0 bridgehead atoms. The van der Waals surface area contributed by atoms with E-state index < -0.39 is 0 Å². The number of hydrogen-bond donors (Lipinski definition) is 1. The van der Waals surface area contributed by atoms with Gasteiger partial charge in [-0.25, -0.2) is 0 Å². The lowest BCUT2D eigenvalue weighted by atomic mass is 9.79. The van der Waals surface area contributed by atoms with Crippen LogP contribution in [-0.4, -0.2) is 23.6 Å². The van der Waals surface area contributed by atoms with Crippen LogP contribution in [0.2, 0.25) is 0 Å². The van der Waals surface area contributed by atoms with Gasteiger partial charge in [0.05, 0.1) is 0 Å². The lowest BCUT2D eigenvalue weighted by Gasteiger charge is -2.32. The SMILES string of the molecule is CCNC(CC1CCCc2ccccc21)C1CCCS1. The number of rotatable bonds is 5. The molecular formula is C18H27NS. The van der Waals surface area contributed by atoms with Gasteiger partial charge in [-0.2, -0.15) is 11.8 Å². The number of nitrogens with one attached hydrogen (secondary N) is 1. The Kier molecular flexibility index (Phi) is 5.06. The van der Waals surface area contributed by atoms with Crippen molar-refractivity contribution in [2.45, 2.75) is 62.7 Å². The predicted molar refractivity (Wildman–Crippen MR) is 89.7 cm³/mol. The highest BCUT2D eigenvalue weighted by atomic mass is 32.2. The van der Waals surface area contributed by atoms with Crippen molar-refractivity contribution in [1.82, 2.24) is 5.32 Å². The van der Waals surface area contributed by atoms with E-state index in [-0.39, 0.29) is 0 Å². The topological polar surface area (TPSA) is 12.0 Å². The summed E-state index contributed by atoms with van der Waals surface area (Å²) in [6.07, 6.45) is 8.21. The molecule has 0 amide bonds.